The van der Waals surface area contributed by atoms with Crippen LogP contribution in [0.2, 0.25) is 5.02 Å². The van der Waals surface area contributed by atoms with E-state index in [-0.39, 0.29) is 28.9 Å². The molecule has 3 N–H and O–H groups in total. The van der Waals surface area contributed by atoms with Gasteiger partial charge in [0.2, 0.25) is 5.95 Å². The van der Waals surface area contributed by atoms with Crippen molar-refractivity contribution in [1.29, 1.82) is 0 Å². The molecule has 8 nitrogen and oxygen atoms in total. The van der Waals surface area contributed by atoms with Gasteiger partial charge in [0.25, 0.3) is 5.91 Å². The van der Waals surface area contributed by atoms with Crippen molar-refractivity contribution < 1.29 is 23.1 Å². The van der Waals surface area contributed by atoms with Crippen LogP contribution in [0, 0.1) is 11.6 Å². The lowest BCUT2D eigenvalue weighted by atomic mass is 10.2. The SMILES string of the molecule is COC(=O)c1ccc(Nc2ncc(F)c(Nc3ccc(C(=O)Nc4ccccc4Cl)cc3)n2)cc1F. The molecule has 0 bridgehead atoms. The van der Waals surface area contributed by atoms with Crippen LogP contribution in [-0.2, 0) is 4.74 Å². The molecule has 3 aromatic carbocycles. The van der Waals surface area contributed by atoms with E-state index in [1.165, 1.54) is 12.1 Å². The molecule has 182 valence electrons. The quantitative estimate of drug-likeness (QED) is 0.265. The lowest BCUT2D eigenvalue weighted by Gasteiger charge is -2.11. The molecule has 1 heterocycles. The molecular formula is C25H18ClF2N5O3. The Balaban J connectivity index is 1.45. The van der Waals surface area contributed by atoms with Crippen LogP contribution in [0.1, 0.15) is 20.7 Å². The summed E-state index contributed by atoms with van der Waals surface area (Å²) in [6, 6.07) is 16.9. The third-order valence-corrected chi connectivity index (χ3v) is 5.24. The number of benzene rings is 3. The van der Waals surface area contributed by atoms with E-state index in [0.29, 0.717) is 22.0 Å². The fourth-order valence-corrected chi connectivity index (χ4v) is 3.29. The molecule has 0 spiro atoms. The first kappa shape index (κ1) is 24.6. The van der Waals surface area contributed by atoms with E-state index in [2.05, 4.69) is 30.7 Å². The summed E-state index contributed by atoms with van der Waals surface area (Å²) in [7, 11) is 1.15. The number of carbonyl (C=O) groups excluding carboxylic acids is 2. The molecule has 0 saturated carbocycles. The summed E-state index contributed by atoms with van der Waals surface area (Å²) in [5.41, 5.74) is 1.32. The number of anilines is 5. The minimum Gasteiger partial charge on any atom is -0.465 e. The minimum absolute atomic E-state index is 0.0140. The summed E-state index contributed by atoms with van der Waals surface area (Å²) in [4.78, 5) is 31.9. The van der Waals surface area contributed by atoms with Crippen LogP contribution in [0.5, 0.6) is 0 Å². The van der Waals surface area contributed by atoms with Gasteiger partial charge in [-0.2, -0.15) is 4.98 Å². The highest BCUT2D eigenvalue weighted by Crippen LogP contribution is 2.24. The maximum atomic E-state index is 14.3. The van der Waals surface area contributed by atoms with Crippen LogP contribution < -0.4 is 16.0 Å². The van der Waals surface area contributed by atoms with Crippen molar-refractivity contribution in [2.45, 2.75) is 0 Å². The van der Waals surface area contributed by atoms with E-state index in [1.54, 1.807) is 48.5 Å². The summed E-state index contributed by atoms with van der Waals surface area (Å²) in [6.07, 6.45) is 0.947. The maximum Gasteiger partial charge on any atom is 0.340 e. The van der Waals surface area contributed by atoms with Gasteiger partial charge in [0.15, 0.2) is 11.6 Å². The summed E-state index contributed by atoms with van der Waals surface area (Å²) in [6.45, 7) is 0. The van der Waals surface area contributed by atoms with Crippen LogP contribution in [0.4, 0.5) is 37.6 Å². The summed E-state index contributed by atoms with van der Waals surface area (Å²) >= 11 is 6.07. The molecule has 0 radical (unpaired) electrons. The molecule has 0 aliphatic rings. The number of methoxy groups -OCH3 is 1. The highest BCUT2D eigenvalue weighted by Gasteiger charge is 2.14. The number of nitrogens with one attached hydrogen (secondary N) is 3. The molecule has 0 unspecified atom stereocenters. The smallest absolute Gasteiger partial charge is 0.340 e. The third-order valence-electron chi connectivity index (χ3n) is 4.91. The lowest BCUT2D eigenvalue weighted by molar-refractivity contribution is 0.0595. The fraction of sp³-hybridized carbons (Fsp3) is 0.0400. The Hall–Kier alpha value is -4.57. The number of para-hydroxylation sites is 1. The average Bonchev–Trinajstić information content (AvgIpc) is 2.87. The van der Waals surface area contributed by atoms with Crippen molar-refractivity contribution in [3.05, 3.63) is 101 Å². The van der Waals surface area contributed by atoms with E-state index in [1.807, 2.05) is 0 Å². The Bertz CT molecular complexity index is 1430. The number of halogens is 3. The Morgan fingerprint density at radius 3 is 2.33 bits per heavy atom. The predicted molar refractivity (Wildman–Crippen MR) is 132 cm³/mol. The zero-order valence-electron chi connectivity index (χ0n) is 18.7. The summed E-state index contributed by atoms with van der Waals surface area (Å²) in [5, 5.41) is 8.69. The van der Waals surface area contributed by atoms with E-state index in [0.717, 1.165) is 19.4 Å². The van der Waals surface area contributed by atoms with Gasteiger partial charge in [-0.25, -0.2) is 18.6 Å². The minimum atomic E-state index is -0.809. The first-order valence-electron chi connectivity index (χ1n) is 10.4. The van der Waals surface area contributed by atoms with E-state index < -0.39 is 17.6 Å². The van der Waals surface area contributed by atoms with E-state index in [4.69, 9.17) is 11.6 Å². The van der Waals surface area contributed by atoms with Crippen molar-refractivity contribution in [3.63, 3.8) is 0 Å². The molecule has 36 heavy (non-hydrogen) atoms. The number of amides is 1. The number of carbonyl (C=O) groups is 2. The normalized spacial score (nSPS) is 10.4. The molecule has 0 aliphatic carbocycles. The molecule has 0 atom stereocenters. The molecule has 4 rings (SSSR count). The van der Waals surface area contributed by atoms with Gasteiger partial charge in [-0.1, -0.05) is 23.7 Å². The van der Waals surface area contributed by atoms with Crippen molar-refractivity contribution >= 4 is 52.3 Å². The van der Waals surface area contributed by atoms with Crippen molar-refractivity contribution in [3.8, 4) is 0 Å². The van der Waals surface area contributed by atoms with Gasteiger partial charge in [0.1, 0.15) is 5.82 Å². The number of hydrogen-bond donors (Lipinski definition) is 3. The second-order valence-electron chi connectivity index (χ2n) is 7.34. The van der Waals surface area contributed by atoms with Crippen LogP contribution in [0.25, 0.3) is 0 Å². The fourth-order valence-electron chi connectivity index (χ4n) is 3.11. The van der Waals surface area contributed by atoms with Gasteiger partial charge in [0.05, 0.1) is 29.6 Å². The Kier molecular flexibility index (Phi) is 7.36. The predicted octanol–water partition coefficient (Wildman–Crippen LogP) is 5.93. The number of ether oxygens (including phenoxy) is 1. The molecule has 0 aliphatic heterocycles. The van der Waals surface area contributed by atoms with Crippen molar-refractivity contribution in [2.75, 3.05) is 23.1 Å². The van der Waals surface area contributed by atoms with Gasteiger partial charge in [-0.05, 0) is 54.6 Å². The van der Waals surface area contributed by atoms with Crippen LogP contribution in [0.3, 0.4) is 0 Å². The Labute approximate surface area is 209 Å². The molecule has 1 amide bonds. The highest BCUT2D eigenvalue weighted by molar-refractivity contribution is 6.33. The van der Waals surface area contributed by atoms with Crippen LogP contribution >= 0.6 is 11.6 Å². The zero-order valence-corrected chi connectivity index (χ0v) is 19.4. The van der Waals surface area contributed by atoms with Crippen molar-refractivity contribution in [1.82, 2.24) is 9.97 Å². The Morgan fingerprint density at radius 2 is 1.64 bits per heavy atom. The average molecular weight is 510 g/mol. The standard InChI is InChI=1S/C25H18ClF2N5O3/c1-36-24(35)17-11-10-16(12-19(17)27)31-25-29-13-20(28)22(33-25)30-15-8-6-14(7-9-15)23(34)32-21-5-3-2-4-18(21)26/h2-13H,1H3,(H,32,34)(H2,29,30,31,33). The number of aromatic nitrogens is 2. The van der Waals surface area contributed by atoms with Gasteiger partial charge < -0.3 is 20.7 Å². The Morgan fingerprint density at radius 1 is 0.917 bits per heavy atom. The van der Waals surface area contributed by atoms with Gasteiger partial charge in [-0.3, -0.25) is 4.79 Å². The molecule has 4 aromatic rings. The first-order chi connectivity index (χ1) is 17.3. The van der Waals surface area contributed by atoms with Gasteiger partial charge in [-0.15, -0.1) is 0 Å². The molecule has 0 saturated heterocycles. The van der Waals surface area contributed by atoms with Crippen LogP contribution in [-0.4, -0.2) is 29.0 Å². The lowest BCUT2D eigenvalue weighted by Crippen LogP contribution is -2.12. The second-order valence-corrected chi connectivity index (χ2v) is 7.74. The van der Waals surface area contributed by atoms with Crippen LogP contribution in [0.15, 0.2) is 72.9 Å². The topological polar surface area (TPSA) is 105 Å². The zero-order chi connectivity index (χ0) is 25.7. The number of hydrogen-bond acceptors (Lipinski definition) is 7. The van der Waals surface area contributed by atoms with E-state index >= 15 is 0 Å². The maximum absolute atomic E-state index is 14.3. The monoisotopic (exact) mass is 509 g/mol. The molecule has 1 aromatic heterocycles. The second kappa shape index (κ2) is 10.8. The molecular weight excluding hydrogens is 492 g/mol. The molecule has 11 heteroatoms. The van der Waals surface area contributed by atoms with Gasteiger partial charge >= 0.3 is 5.97 Å². The molecule has 0 fully saturated rings. The number of rotatable bonds is 7. The van der Waals surface area contributed by atoms with E-state index in [9.17, 15) is 18.4 Å². The first-order valence-corrected chi connectivity index (χ1v) is 10.8. The largest absolute Gasteiger partial charge is 0.465 e. The number of nitrogens with zero attached hydrogens (tertiary/aromatic N) is 2. The summed E-state index contributed by atoms with van der Waals surface area (Å²) in [5.74, 6) is -2.86. The third kappa shape index (κ3) is 5.73. The number of esters is 1. The highest BCUT2D eigenvalue weighted by atomic mass is 35.5. The summed E-state index contributed by atoms with van der Waals surface area (Å²) < 4.78 is 33.0. The van der Waals surface area contributed by atoms with Gasteiger partial charge in [0, 0.05) is 16.9 Å². The van der Waals surface area contributed by atoms with Crippen molar-refractivity contribution in [2.24, 2.45) is 0 Å².